The average molecular weight is 293 g/mol. The van der Waals surface area contributed by atoms with Crippen LogP contribution in [0.25, 0.3) is 0 Å². The molecule has 1 aliphatic rings. The maximum atomic E-state index is 5.92. The molecule has 118 valence electrons. The SMILES string of the molecule is COc1cccc(CNCC2CCCOC2)c1OC(C)C. The van der Waals surface area contributed by atoms with Gasteiger partial charge in [0.2, 0.25) is 0 Å². The second-order valence-corrected chi connectivity index (χ2v) is 5.83. The molecule has 0 spiro atoms. The lowest BCUT2D eigenvalue weighted by atomic mass is 10.0. The van der Waals surface area contributed by atoms with E-state index >= 15 is 0 Å². The highest BCUT2D eigenvalue weighted by atomic mass is 16.5. The van der Waals surface area contributed by atoms with E-state index in [1.165, 1.54) is 12.8 Å². The highest BCUT2D eigenvalue weighted by Crippen LogP contribution is 2.32. The van der Waals surface area contributed by atoms with Crippen LogP contribution in [-0.4, -0.2) is 33.0 Å². The Morgan fingerprint density at radius 3 is 2.90 bits per heavy atom. The molecule has 1 aliphatic heterocycles. The van der Waals surface area contributed by atoms with Gasteiger partial charge in [0.15, 0.2) is 11.5 Å². The maximum Gasteiger partial charge on any atom is 0.166 e. The Hall–Kier alpha value is -1.26. The summed E-state index contributed by atoms with van der Waals surface area (Å²) in [4.78, 5) is 0. The highest BCUT2D eigenvalue weighted by Gasteiger charge is 2.15. The number of ether oxygens (including phenoxy) is 3. The number of hydrogen-bond acceptors (Lipinski definition) is 4. The minimum atomic E-state index is 0.131. The predicted octanol–water partition coefficient (Wildman–Crippen LogP) is 3.00. The molecule has 4 nitrogen and oxygen atoms in total. The molecule has 0 aliphatic carbocycles. The van der Waals surface area contributed by atoms with Crippen molar-refractivity contribution >= 4 is 0 Å². The Bertz CT molecular complexity index is 428. The van der Waals surface area contributed by atoms with Gasteiger partial charge in [0.25, 0.3) is 0 Å². The molecule has 21 heavy (non-hydrogen) atoms. The molecule has 1 aromatic carbocycles. The molecule has 0 radical (unpaired) electrons. The third-order valence-electron chi connectivity index (χ3n) is 3.64. The fourth-order valence-corrected chi connectivity index (χ4v) is 2.61. The number of nitrogens with one attached hydrogen (secondary N) is 1. The molecule has 0 amide bonds. The third-order valence-corrected chi connectivity index (χ3v) is 3.64. The first-order chi connectivity index (χ1) is 10.2. The minimum absolute atomic E-state index is 0.131. The van der Waals surface area contributed by atoms with E-state index in [-0.39, 0.29) is 6.10 Å². The number of benzene rings is 1. The number of para-hydroxylation sites is 1. The Labute approximate surface area is 127 Å². The quantitative estimate of drug-likeness (QED) is 0.839. The molecule has 2 rings (SSSR count). The summed E-state index contributed by atoms with van der Waals surface area (Å²) in [5, 5.41) is 3.52. The van der Waals surface area contributed by atoms with Gasteiger partial charge in [0.05, 0.1) is 19.8 Å². The summed E-state index contributed by atoms with van der Waals surface area (Å²) in [7, 11) is 1.68. The van der Waals surface area contributed by atoms with Gasteiger partial charge in [0.1, 0.15) is 0 Å². The molecule has 1 N–H and O–H groups in total. The summed E-state index contributed by atoms with van der Waals surface area (Å²) in [5.74, 6) is 2.27. The normalized spacial score (nSPS) is 18.8. The van der Waals surface area contributed by atoms with E-state index in [1.54, 1.807) is 7.11 Å². The molecule has 1 aromatic rings. The summed E-state index contributed by atoms with van der Waals surface area (Å²) in [5.41, 5.74) is 1.14. The standard InChI is InChI=1S/C17H27NO3/c1-13(2)21-17-15(7-4-8-16(17)19-3)11-18-10-14-6-5-9-20-12-14/h4,7-8,13-14,18H,5-6,9-12H2,1-3H3. The highest BCUT2D eigenvalue weighted by molar-refractivity contribution is 5.46. The van der Waals surface area contributed by atoms with Crippen LogP contribution in [0.1, 0.15) is 32.3 Å². The molecule has 1 saturated heterocycles. The topological polar surface area (TPSA) is 39.7 Å². The van der Waals surface area contributed by atoms with Gasteiger partial charge in [-0.05, 0) is 38.7 Å². The van der Waals surface area contributed by atoms with E-state index in [1.807, 2.05) is 26.0 Å². The predicted molar refractivity (Wildman–Crippen MR) is 84.0 cm³/mol. The second-order valence-electron chi connectivity index (χ2n) is 5.83. The average Bonchev–Trinajstić information content (AvgIpc) is 2.49. The van der Waals surface area contributed by atoms with Gasteiger partial charge >= 0.3 is 0 Å². The molecule has 1 unspecified atom stereocenters. The van der Waals surface area contributed by atoms with Crippen LogP contribution in [0.2, 0.25) is 0 Å². The van der Waals surface area contributed by atoms with Gasteiger partial charge in [-0.2, -0.15) is 0 Å². The molecule has 1 fully saturated rings. The number of hydrogen-bond donors (Lipinski definition) is 1. The molecule has 0 bridgehead atoms. The van der Waals surface area contributed by atoms with E-state index in [9.17, 15) is 0 Å². The summed E-state index contributed by atoms with van der Waals surface area (Å²) in [6.45, 7) is 7.62. The monoisotopic (exact) mass is 293 g/mol. The van der Waals surface area contributed by atoms with Crippen molar-refractivity contribution in [1.29, 1.82) is 0 Å². The van der Waals surface area contributed by atoms with Crippen LogP contribution in [0, 0.1) is 5.92 Å². The zero-order valence-electron chi connectivity index (χ0n) is 13.4. The summed E-state index contributed by atoms with van der Waals surface area (Å²) in [6.07, 6.45) is 2.56. The molecule has 1 atom stereocenters. The maximum absolute atomic E-state index is 5.92. The van der Waals surface area contributed by atoms with Gasteiger partial charge in [-0.3, -0.25) is 0 Å². The lowest BCUT2D eigenvalue weighted by Crippen LogP contribution is -2.29. The van der Waals surface area contributed by atoms with Gasteiger partial charge in [-0.1, -0.05) is 12.1 Å². The summed E-state index contributed by atoms with van der Waals surface area (Å²) >= 11 is 0. The molecule has 0 aromatic heterocycles. The zero-order valence-corrected chi connectivity index (χ0v) is 13.4. The van der Waals surface area contributed by atoms with Crippen molar-refractivity contribution in [1.82, 2.24) is 5.32 Å². The Balaban J connectivity index is 1.94. The molecule has 1 heterocycles. The van der Waals surface area contributed by atoms with Crippen molar-refractivity contribution in [3.63, 3.8) is 0 Å². The third kappa shape index (κ3) is 4.90. The van der Waals surface area contributed by atoms with Gasteiger partial charge in [-0.15, -0.1) is 0 Å². The van der Waals surface area contributed by atoms with E-state index in [0.717, 1.165) is 43.4 Å². The number of rotatable bonds is 7. The molecule has 0 saturated carbocycles. The van der Waals surface area contributed by atoms with Crippen molar-refractivity contribution in [2.45, 2.75) is 39.3 Å². The van der Waals surface area contributed by atoms with Crippen LogP contribution in [0.3, 0.4) is 0 Å². The zero-order chi connectivity index (χ0) is 15.1. The van der Waals surface area contributed by atoms with Crippen molar-refractivity contribution in [3.05, 3.63) is 23.8 Å². The van der Waals surface area contributed by atoms with Crippen molar-refractivity contribution in [3.8, 4) is 11.5 Å². The minimum Gasteiger partial charge on any atom is -0.493 e. The number of methoxy groups -OCH3 is 1. The summed E-state index contributed by atoms with van der Waals surface area (Å²) < 4.78 is 16.8. The van der Waals surface area contributed by atoms with E-state index in [4.69, 9.17) is 14.2 Å². The summed E-state index contributed by atoms with van der Waals surface area (Å²) in [6, 6.07) is 6.04. The van der Waals surface area contributed by atoms with Crippen LogP contribution < -0.4 is 14.8 Å². The Morgan fingerprint density at radius 1 is 1.38 bits per heavy atom. The first kappa shape index (κ1) is 16.1. The fraction of sp³-hybridized carbons (Fsp3) is 0.647. The largest absolute Gasteiger partial charge is 0.493 e. The van der Waals surface area contributed by atoms with Gasteiger partial charge in [0, 0.05) is 25.3 Å². The molecular weight excluding hydrogens is 266 g/mol. The lowest BCUT2D eigenvalue weighted by molar-refractivity contribution is 0.0547. The van der Waals surface area contributed by atoms with Crippen LogP contribution >= 0.6 is 0 Å². The van der Waals surface area contributed by atoms with Crippen LogP contribution in [-0.2, 0) is 11.3 Å². The fourth-order valence-electron chi connectivity index (χ4n) is 2.61. The van der Waals surface area contributed by atoms with Crippen molar-refractivity contribution in [2.24, 2.45) is 5.92 Å². The van der Waals surface area contributed by atoms with E-state index < -0.39 is 0 Å². The molecule has 4 heteroatoms. The van der Waals surface area contributed by atoms with Gasteiger partial charge < -0.3 is 19.5 Å². The second kappa shape index (κ2) is 8.25. The Morgan fingerprint density at radius 2 is 2.24 bits per heavy atom. The first-order valence-corrected chi connectivity index (χ1v) is 7.81. The lowest BCUT2D eigenvalue weighted by Gasteiger charge is -2.23. The van der Waals surface area contributed by atoms with Crippen molar-refractivity contribution in [2.75, 3.05) is 26.9 Å². The van der Waals surface area contributed by atoms with Crippen LogP contribution in [0.4, 0.5) is 0 Å². The van der Waals surface area contributed by atoms with E-state index in [2.05, 4.69) is 11.4 Å². The van der Waals surface area contributed by atoms with E-state index in [0.29, 0.717) is 5.92 Å². The molecular formula is C17H27NO3. The van der Waals surface area contributed by atoms with Crippen LogP contribution in [0.5, 0.6) is 11.5 Å². The Kier molecular flexibility index (Phi) is 6.33. The van der Waals surface area contributed by atoms with Crippen LogP contribution in [0.15, 0.2) is 18.2 Å². The first-order valence-electron chi connectivity index (χ1n) is 7.81. The van der Waals surface area contributed by atoms with Gasteiger partial charge in [-0.25, -0.2) is 0 Å². The smallest absolute Gasteiger partial charge is 0.166 e. The van der Waals surface area contributed by atoms with Crippen molar-refractivity contribution < 1.29 is 14.2 Å².